The van der Waals surface area contributed by atoms with Gasteiger partial charge in [0.1, 0.15) is 5.60 Å². The smallest absolute Gasteiger partial charge is 0.274 e. The Bertz CT molecular complexity index is 1730. The summed E-state index contributed by atoms with van der Waals surface area (Å²) >= 11 is 6.66. The van der Waals surface area contributed by atoms with Gasteiger partial charge in [0.2, 0.25) is 0 Å². The molecule has 0 radical (unpaired) electrons. The zero-order valence-electron chi connectivity index (χ0n) is 22.1. The molecule has 2 aromatic carbocycles. The number of aromatic nitrogens is 6. The van der Waals surface area contributed by atoms with Crippen LogP contribution in [0.3, 0.4) is 0 Å². The maximum Gasteiger partial charge on any atom is 0.274 e. The number of rotatable bonds is 6. The Morgan fingerprint density at radius 2 is 1.92 bits per heavy atom. The minimum atomic E-state index is -1.12. The quantitative estimate of drug-likeness (QED) is 0.279. The van der Waals surface area contributed by atoms with Crippen LogP contribution >= 0.6 is 11.6 Å². The summed E-state index contributed by atoms with van der Waals surface area (Å²) in [7, 11) is 1.76. The number of halogens is 1. The number of aromatic amines is 1. The van der Waals surface area contributed by atoms with Crippen LogP contribution in [-0.4, -0.2) is 34.6 Å². The predicted octanol–water partition coefficient (Wildman–Crippen LogP) is 4.94. The average Bonchev–Trinajstić information content (AvgIpc) is 3.50. The van der Waals surface area contributed by atoms with Crippen molar-refractivity contribution in [3.05, 3.63) is 93.0 Å². The van der Waals surface area contributed by atoms with Crippen molar-refractivity contribution >= 4 is 28.2 Å². The highest BCUT2D eigenvalue weighted by Gasteiger charge is 2.23. The van der Waals surface area contributed by atoms with Crippen molar-refractivity contribution in [1.29, 1.82) is 0 Å². The summed E-state index contributed by atoms with van der Waals surface area (Å²) in [6, 6.07) is 11.8. The summed E-state index contributed by atoms with van der Waals surface area (Å²) in [6.45, 7) is 3.72. The Labute approximate surface area is 230 Å². The highest BCUT2D eigenvalue weighted by molar-refractivity contribution is 6.31. The van der Waals surface area contributed by atoms with Gasteiger partial charge in [-0.2, -0.15) is 5.10 Å². The van der Waals surface area contributed by atoms with Crippen molar-refractivity contribution in [2.24, 2.45) is 7.05 Å². The number of nitrogens with one attached hydrogen (secondary N) is 2. The van der Waals surface area contributed by atoms with Gasteiger partial charge in [0.15, 0.2) is 5.82 Å². The third-order valence-electron chi connectivity index (χ3n) is 7.44. The molecule has 0 spiro atoms. The second-order valence-electron chi connectivity index (χ2n) is 10.7. The van der Waals surface area contributed by atoms with Crippen molar-refractivity contribution in [3.63, 3.8) is 0 Å². The van der Waals surface area contributed by atoms with Crippen molar-refractivity contribution < 1.29 is 5.11 Å². The molecule has 5 aromatic rings. The first-order valence-electron chi connectivity index (χ1n) is 13.0. The maximum atomic E-state index is 13.1. The van der Waals surface area contributed by atoms with Crippen LogP contribution < -0.4 is 10.9 Å². The number of nitrogens with zero attached hydrogens (tertiary/aromatic N) is 5. The summed E-state index contributed by atoms with van der Waals surface area (Å²) in [6.07, 6.45) is 8.46. The van der Waals surface area contributed by atoms with E-state index in [1.54, 1.807) is 38.0 Å². The number of hydrogen-bond acceptors (Lipinski definition) is 6. The van der Waals surface area contributed by atoms with Gasteiger partial charge in [0, 0.05) is 35.7 Å². The molecule has 0 saturated carbocycles. The fourth-order valence-electron chi connectivity index (χ4n) is 5.29. The molecule has 0 saturated heterocycles. The van der Waals surface area contributed by atoms with Crippen molar-refractivity contribution in [2.45, 2.75) is 51.3 Å². The Hall–Kier alpha value is -3.95. The number of benzene rings is 2. The number of anilines is 1. The number of aliphatic hydroxyl groups is 1. The molecule has 9 nitrogen and oxygen atoms in total. The average molecular weight is 544 g/mol. The first-order valence-corrected chi connectivity index (χ1v) is 13.4. The first kappa shape index (κ1) is 25.3. The zero-order chi connectivity index (χ0) is 27.3. The van der Waals surface area contributed by atoms with E-state index in [0.29, 0.717) is 22.8 Å². The molecule has 1 aliphatic rings. The maximum absolute atomic E-state index is 13.1. The number of fused-ring (bicyclic) bond motifs is 2. The molecule has 39 heavy (non-hydrogen) atoms. The van der Waals surface area contributed by atoms with E-state index in [9.17, 15) is 9.90 Å². The lowest BCUT2D eigenvalue weighted by Crippen LogP contribution is -2.20. The van der Waals surface area contributed by atoms with Crippen LogP contribution in [0.15, 0.2) is 59.8 Å². The van der Waals surface area contributed by atoms with Crippen LogP contribution in [0.5, 0.6) is 0 Å². The summed E-state index contributed by atoms with van der Waals surface area (Å²) in [5, 5.41) is 22.5. The molecule has 10 heteroatoms. The molecule has 1 unspecified atom stereocenters. The van der Waals surface area contributed by atoms with Gasteiger partial charge in [0.25, 0.3) is 5.56 Å². The fourth-order valence-corrected chi connectivity index (χ4v) is 5.47. The minimum Gasteiger partial charge on any atom is -0.382 e. The molecule has 6 rings (SSSR count). The Morgan fingerprint density at radius 1 is 1.13 bits per heavy atom. The van der Waals surface area contributed by atoms with Gasteiger partial charge < -0.3 is 10.4 Å². The van der Waals surface area contributed by atoms with Crippen LogP contribution in [0.4, 0.5) is 5.69 Å². The van der Waals surface area contributed by atoms with Gasteiger partial charge in [-0.05, 0) is 80.1 Å². The first-order chi connectivity index (χ1) is 18.7. The number of aryl methyl sites for hydroxylation is 1. The molecule has 0 aliphatic heterocycles. The Kier molecular flexibility index (Phi) is 6.28. The van der Waals surface area contributed by atoms with Crippen LogP contribution in [0.25, 0.3) is 22.0 Å². The highest BCUT2D eigenvalue weighted by atomic mass is 35.5. The third kappa shape index (κ3) is 4.72. The summed E-state index contributed by atoms with van der Waals surface area (Å²) in [5.41, 5.74) is 5.52. The fraction of sp³-hybridized carbons (Fsp3) is 0.310. The molecule has 0 bridgehead atoms. The third-order valence-corrected chi connectivity index (χ3v) is 7.81. The second-order valence-corrected chi connectivity index (χ2v) is 11.1. The van der Waals surface area contributed by atoms with E-state index < -0.39 is 5.60 Å². The van der Waals surface area contributed by atoms with Crippen LogP contribution in [-0.2, 0) is 25.6 Å². The van der Waals surface area contributed by atoms with E-state index >= 15 is 0 Å². The lowest BCUT2D eigenvalue weighted by molar-refractivity contribution is 0.0687. The van der Waals surface area contributed by atoms with E-state index in [2.05, 4.69) is 31.5 Å². The molecule has 0 fully saturated rings. The second kappa shape index (κ2) is 9.66. The van der Waals surface area contributed by atoms with Gasteiger partial charge in [-0.15, -0.1) is 0 Å². The van der Waals surface area contributed by atoms with Crippen LogP contribution in [0.2, 0.25) is 5.02 Å². The van der Waals surface area contributed by atoms with E-state index in [4.69, 9.17) is 11.6 Å². The molecular formula is C29H30ClN7O2. The van der Waals surface area contributed by atoms with Gasteiger partial charge >= 0.3 is 0 Å². The molecule has 3 N–H and O–H groups in total. The molecular weight excluding hydrogens is 514 g/mol. The van der Waals surface area contributed by atoms with Crippen LogP contribution in [0.1, 0.15) is 55.4 Å². The Morgan fingerprint density at radius 3 is 2.69 bits per heavy atom. The van der Waals surface area contributed by atoms with Gasteiger partial charge in [-0.25, -0.2) is 9.97 Å². The molecule has 1 aliphatic carbocycles. The van der Waals surface area contributed by atoms with Crippen molar-refractivity contribution in [1.82, 2.24) is 29.5 Å². The largest absolute Gasteiger partial charge is 0.382 e. The van der Waals surface area contributed by atoms with E-state index in [1.165, 1.54) is 5.56 Å². The molecule has 3 heterocycles. The lowest BCUT2D eigenvalue weighted by Gasteiger charge is -2.24. The normalized spacial score (nSPS) is 15.5. The van der Waals surface area contributed by atoms with Crippen LogP contribution in [0, 0.1) is 0 Å². The number of hydrogen-bond donors (Lipinski definition) is 3. The number of H-pyrrole nitrogens is 1. The van der Waals surface area contributed by atoms with Gasteiger partial charge in [-0.3, -0.25) is 19.3 Å². The highest BCUT2D eigenvalue weighted by Crippen LogP contribution is 2.32. The summed E-state index contributed by atoms with van der Waals surface area (Å²) in [5.74, 6) is 0.351. The summed E-state index contributed by atoms with van der Waals surface area (Å²) < 4.78 is 3.56. The lowest BCUT2D eigenvalue weighted by atomic mass is 9.93. The van der Waals surface area contributed by atoms with Gasteiger partial charge in [-0.1, -0.05) is 17.7 Å². The van der Waals surface area contributed by atoms with E-state index in [-0.39, 0.29) is 11.6 Å². The standard InChI is InChI=1S/C29H30ClN7O2/c1-29(2,39)28-31-13-20(14-32-28)17-7-9-22-25(12-17)37(36(3)27(22)38)16-19-11-21(8-10-23(19)30)34-24-6-4-5-18-15-33-35-26(18)24/h7-15,24,34,39H,4-6,16H2,1-3H3,(H,33,35). The molecule has 1 atom stereocenters. The predicted molar refractivity (Wildman–Crippen MR) is 152 cm³/mol. The zero-order valence-corrected chi connectivity index (χ0v) is 22.8. The SMILES string of the molecule is Cn1c(=O)c2ccc(-c3cnc(C(C)(C)O)nc3)cc2n1Cc1cc(NC2CCCc3cn[nH]c32)ccc1Cl. The monoisotopic (exact) mass is 543 g/mol. The van der Waals surface area contributed by atoms with E-state index in [1.807, 2.05) is 41.2 Å². The minimum absolute atomic E-state index is 0.0791. The van der Waals surface area contributed by atoms with E-state index in [0.717, 1.165) is 52.9 Å². The summed E-state index contributed by atoms with van der Waals surface area (Å²) in [4.78, 5) is 21.8. The van der Waals surface area contributed by atoms with Crippen molar-refractivity contribution in [3.8, 4) is 11.1 Å². The molecule has 3 aromatic heterocycles. The molecule has 0 amide bonds. The van der Waals surface area contributed by atoms with Gasteiger partial charge in [0.05, 0.1) is 35.4 Å². The van der Waals surface area contributed by atoms with Crippen molar-refractivity contribution in [2.75, 3.05) is 5.32 Å². The Balaban J connectivity index is 1.33. The molecule has 200 valence electrons. The topological polar surface area (TPSA) is 114 Å².